The Morgan fingerprint density at radius 1 is 1.53 bits per heavy atom. The lowest BCUT2D eigenvalue weighted by molar-refractivity contribution is 0.183. The largest absolute Gasteiger partial charge is 0.299 e. The molecule has 1 saturated heterocycles. The molecule has 1 aromatic rings. The summed E-state index contributed by atoms with van der Waals surface area (Å²) >= 11 is 9.76. The Hall–Kier alpha value is -0.120. The van der Waals surface area contributed by atoms with Crippen molar-refractivity contribution in [1.82, 2.24) is 4.90 Å². The maximum absolute atomic E-state index is 13.2. The molecule has 2 atom stereocenters. The molecule has 1 aliphatic heterocycles. The van der Waals surface area contributed by atoms with E-state index in [1.165, 1.54) is 12.1 Å². The lowest BCUT2D eigenvalue weighted by atomic mass is 9.99. The lowest BCUT2D eigenvalue weighted by Crippen LogP contribution is -2.39. The van der Waals surface area contributed by atoms with Gasteiger partial charge in [0.05, 0.1) is 0 Å². The van der Waals surface area contributed by atoms with E-state index in [0.29, 0.717) is 15.8 Å². The number of hydrogen-bond donors (Lipinski definition) is 0. The molecule has 2 unspecified atom stereocenters. The van der Waals surface area contributed by atoms with Gasteiger partial charge in [0, 0.05) is 22.9 Å². The molecule has 0 N–H and O–H groups in total. The zero-order valence-corrected chi connectivity index (χ0v) is 12.1. The Balaban J connectivity index is 2.03. The summed E-state index contributed by atoms with van der Waals surface area (Å²) in [6.45, 7) is 5.04. The first-order valence-corrected chi connectivity index (χ1v) is 7.16. The van der Waals surface area contributed by atoms with Gasteiger partial charge in [0.1, 0.15) is 5.82 Å². The Kier molecular flexibility index (Phi) is 4.45. The zero-order chi connectivity index (χ0) is 12.4. The van der Waals surface area contributed by atoms with Gasteiger partial charge in [-0.3, -0.25) is 4.90 Å². The van der Waals surface area contributed by atoms with Crippen LogP contribution in [0.25, 0.3) is 0 Å². The van der Waals surface area contributed by atoms with Crippen LogP contribution in [0.2, 0.25) is 5.02 Å². The Labute approximate surface area is 115 Å². The van der Waals surface area contributed by atoms with E-state index in [-0.39, 0.29) is 5.82 Å². The fourth-order valence-electron chi connectivity index (χ4n) is 2.25. The van der Waals surface area contributed by atoms with Gasteiger partial charge >= 0.3 is 0 Å². The Morgan fingerprint density at radius 3 is 3.00 bits per heavy atom. The van der Waals surface area contributed by atoms with Gasteiger partial charge in [0.2, 0.25) is 0 Å². The third-order valence-corrected chi connectivity index (χ3v) is 5.02. The molecule has 0 aliphatic carbocycles. The molecule has 94 valence electrons. The average molecular weight is 321 g/mol. The van der Waals surface area contributed by atoms with Crippen molar-refractivity contribution in [3.8, 4) is 0 Å². The van der Waals surface area contributed by atoms with Gasteiger partial charge in [-0.2, -0.15) is 0 Å². The first-order chi connectivity index (χ1) is 8.06. The molecule has 17 heavy (non-hydrogen) atoms. The topological polar surface area (TPSA) is 3.24 Å². The quantitative estimate of drug-likeness (QED) is 0.742. The number of piperidine rings is 1. The summed E-state index contributed by atoms with van der Waals surface area (Å²) in [7, 11) is 0. The predicted octanol–water partition coefficient (Wildman–Crippen LogP) is 4.08. The number of likely N-dealkylation sites (tertiary alicyclic amines) is 1. The van der Waals surface area contributed by atoms with Crippen molar-refractivity contribution in [2.75, 3.05) is 13.1 Å². The SMILES string of the molecule is CC1CN(Cc2cc(F)ccc2Cl)CCC1Br. The van der Waals surface area contributed by atoms with Crippen molar-refractivity contribution in [3.05, 3.63) is 34.6 Å². The van der Waals surface area contributed by atoms with E-state index < -0.39 is 0 Å². The van der Waals surface area contributed by atoms with E-state index in [9.17, 15) is 4.39 Å². The monoisotopic (exact) mass is 319 g/mol. The van der Waals surface area contributed by atoms with Crippen molar-refractivity contribution in [3.63, 3.8) is 0 Å². The summed E-state index contributed by atoms with van der Waals surface area (Å²) < 4.78 is 13.2. The van der Waals surface area contributed by atoms with Gasteiger partial charge in [-0.25, -0.2) is 4.39 Å². The normalized spacial score (nSPS) is 26.1. The minimum absolute atomic E-state index is 0.215. The molecule has 1 aromatic carbocycles. The molecule has 0 amide bonds. The molecule has 1 nitrogen and oxygen atoms in total. The van der Waals surface area contributed by atoms with Crippen LogP contribution in [0.15, 0.2) is 18.2 Å². The van der Waals surface area contributed by atoms with Crippen LogP contribution in [-0.4, -0.2) is 22.8 Å². The van der Waals surface area contributed by atoms with Crippen LogP contribution in [0.4, 0.5) is 4.39 Å². The van der Waals surface area contributed by atoms with Gasteiger partial charge in [-0.05, 0) is 42.6 Å². The highest BCUT2D eigenvalue weighted by molar-refractivity contribution is 9.09. The third kappa shape index (κ3) is 3.43. The van der Waals surface area contributed by atoms with E-state index >= 15 is 0 Å². The molecule has 0 bridgehead atoms. The second-order valence-corrected chi connectivity index (χ2v) is 6.34. The molecule has 1 fully saturated rings. The van der Waals surface area contributed by atoms with Crippen molar-refractivity contribution in [2.45, 2.75) is 24.7 Å². The fraction of sp³-hybridized carbons (Fsp3) is 0.538. The van der Waals surface area contributed by atoms with Crippen molar-refractivity contribution in [1.29, 1.82) is 0 Å². The highest BCUT2D eigenvalue weighted by atomic mass is 79.9. The molecule has 0 saturated carbocycles. The number of rotatable bonds is 2. The fourth-order valence-corrected chi connectivity index (χ4v) is 2.80. The minimum Gasteiger partial charge on any atom is -0.299 e. The number of halogens is 3. The Morgan fingerprint density at radius 2 is 2.29 bits per heavy atom. The molecule has 0 spiro atoms. The summed E-state index contributed by atoms with van der Waals surface area (Å²) in [5.74, 6) is 0.406. The van der Waals surface area contributed by atoms with E-state index in [4.69, 9.17) is 11.6 Å². The van der Waals surface area contributed by atoms with Crippen LogP contribution in [0.3, 0.4) is 0 Å². The molecular formula is C13H16BrClFN. The van der Waals surface area contributed by atoms with Crippen LogP contribution in [0, 0.1) is 11.7 Å². The van der Waals surface area contributed by atoms with Crippen molar-refractivity contribution >= 4 is 27.5 Å². The predicted molar refractivity (Wildman–Crippen MR) is 73.2 cm³/mol. The van der Waals surface area contributed by atoms with Crippen LogP contribution in [0.5, 0.6) is 0 Å². The van der Waals surface area contributed by atoms with Gasteiger partial charge in [-0.15, -0.1) is 0 Å². The zero-order valence-electron chi connectivity index (χ0n) is 9.80. The Bertz CT molecular complexity index is 399. The summed E-state index contributed by atoms with van der Waals surface area (Å²) in [6.07, 6.45) is 1.13. The van der Waals surface area contributed by atoms with Gasteiger partial charge < -0.3 is 0 Å². The molecule has 4 heteroatoms. The standard InChI is InChI=1S/C13H16BrClFN/c1-9-7-17(5-4-12(9)14)8-10-6-11(16)2-3-13(10)15/h2-3,6,9,12H,4-5,7-8H2,1H3. The van der Waals surface area contributed by atoms with Crippen molar-refractivity contribution in [2.24, 2.45) is 5.92 Å². The van der Waals surface area contributed by atoms with Crippen LogP contribution < -0.4 is 0 Å². The summed E-state index contributed by atoms with van der Waals surface area (Å²) in [5, 5.41) is 0.653. The van der Waals surface area contributed by atoms with Crippen LogP contribution >= 0.6 is 27.5 Å². The highest BCUT2D eigenvalue weighted by Gasteiger charge is 2.24. The highest BCUT2D eigenvalue weighted by Crippen LogP contribution is 2.26. The second kappa shape index (κ2) is 5.68. The van der Waals surface area contributed by atoms with Crippen LogP contribution in [0.1, 0.15) is 18.9 Å². The van der Waals surface area contributed by atoms with E-state index in [2.05, 4.69) is 27.8 Å². The van der Waals surface area contributed by atoms with Gasteiger partial charge in [-0.1, -0.05) is 34.5 Å². The smallest absolute Gasteiger partial charge is 0.123 e. The molecule has 1 heterocycles. The number of hydrogen-bond acceptors (Lipinski definition) is 1. The summed E-state index contributed by atoms with van der Waals surface area (Å²) in [4.78, 5) is 2.94. The molecule has 2 rings (SSSR count). The lowest BCUT2D eigenvalue weighted by Gasteiger charge is -2.34. The first kappa shape index (κ1) is 13.3. The second-order valence-electron chi connectivity index (χ2n) is 4.75. The average Bonchev–Trinajstić information content (AvgIpc) is 2.29. The van der Waals surface area contributed by atoms with E-state index in [0.717, 1.165) is 31.6 Å². The van der Waals surface area contributed by atoms with Crippen molar-refractivity contribution < 1.29 is 4.39 Å². The maximum atomic E-state index is 13.2. The van der Waals surface area contributed by atoms with E-state index in [1.807, 2.05) is 0 Å². The van der Waals surface area contributed by atoms with Gasteiger partial charge in [0.25, 0.3) is 0 Å². The maximum Gasteiger partial charge on any atom is 0.123 e. The molecule has 1 aliphatic rings. The van der Waals surface area contributed by atoms with Gasteiger partial charge in [0.15, 0.2) is 0 Å². The minimum atomic E-state index is -0.215. The summed E-state index contributed by atoms with van der Waals surface area (Å²) in [6, 6.07) is 4.57. The number of benzene rings is 1. The third-order valence-electron chi connectivity index (χ3n) is 3.29. The molecule has 0 radical (unpaired) electrons. The van der Waals surface area contributed by atoms with E-state index in [1.54, 1.807) is 6.07 Å². The number of alkyl halides is 1. The molecule has 0 aromatic heterocycles. The summed E-state index contributed by atoms with van der Waals surface area (Å²) in [5.41, 5.74) is 0.881. The van der Waals surface area contributed by atoms with Crippen LogP contribution in [-0.2, 0) is 6.54 Å². The number of nitrogens with zero attached hydrogens (tertiary/aromatic N) is 1. The first-order valence-electron chi connectivity index (χ1n) is 5.86. The molecular weight excluding hydrogens is 305 g/mol.